The van der Waals surface area contributed by atoms with E-state index >= 15 is 0 Å². The number of benzene rings is 2. The largest absolute Gasteiger partial charge is 0.496 e. The molecule has 3 rings (SSSR count). The normalized spacial score (nSPS) is 10.5. The van der Waals surface area contributed by atoms with Gasteiger partial charge in [-0.1, -0.05) is 24.3 Å². The predicted octanol–water partition coefficient (Wildman–Crippen LogP) is 2.80. The molecule has 116 valence electrons. The summed E-state index contributed by atoms with van der Waals surface area (Å²) in [5, 5.41) is 13.4. The number of carboxylic acid groups (broad SMARTS) is 1. The average Bonchev–Trinajstić information content (AvgIpc) is 2.59. The third-order valence-electron chi connectivity index (χ3n) is 3.42. The summed E-state index contributed by atoms with van der Waals surface area (Å²) in [6.45, 7) is -0.195. The molecule has 0 unspecified atom stereocenters. The van der Waals surface area contributed by atoms with Crippen LogP contribution in [0, 0.1) is 0 Å². The third-order valence-corrected chi connectivity index (χ3v) is 3.42. The number of aliphatic carboxylic acids is 1. The number of carbonyl (C=O) groups is 1. The molecule has 0 radical (unpaired) electrons. The molecule has 0 aliphatic rings. The number of hydrogen-bond donors (Lipinski definition) is 2. The van der Waals surface area contributed by atoms with Gasteiger partial charge in [0.1, 0.15) is 18.1 Å². The van der Waals surface area contributed by atoms with Crippen LogP contribution in [0.3, 0.4) is 0 Å². The highest BCUT2D eigenvalue weighted by molar-refractivity contribution is 5.98. The Morgan fingerprint density at radius 3 is 2.70 bits per heavy atom. The molecule has 6 heteroatoms. The van der Waals surface area contributed by atoms with Crippen molar-refractivity contribution < 1.29 is 14.6 Å². The van der Waals surface area contributed by atoms with Gasteiger partial charge in [-0.3, -0.25) is 4.79 Å². The minimum atomic E-state index is -0.944. The van der Waals surface area contributed by atoms with Crippen LogP contribution in [0.1, 0.15) is 0 Å². The Labute approximate surface area is 132 Å². The zero-order chi connectivity index (χ0) is 16.2. The summed E-state index contributed by atoms with van der Waals surface area (Å²) in [4.78, 5) is 19.4. The van der Waals surface area contributed by atoms with Crippen molar-refractivity contribution in [1.82, 2.24) is 9.97 Å². The van der Waals surface area contributed by atoms with E-state index in [-0.39, 0.29) is 6.54 Å². The van der Waals surface area contributed by atoms with Crippen molar-refractivity contribution in [2.75, 3.05) is 19.0 Å². The molecule has 3 aromatic rings. The second kappa shape index (κ2) is 6.31. The van der Waals surface area contributed by atoms with E-state index < -0.39 is 5.97 Å². The van der Waals surface area contributed by atoms with Gasteiger partial charge < -0.3 is 15.2 Å². The second-order valence-corrected chi connectivity index (χ2v) is 4.87. The van der Waals surface area contributed by atoms with Gasteiger partial charge in [-0.05, 0) is 23.6 Å². The van der Waals surface area contributed by atoms with Crippen molar-refractivity contribution in [2.45, 2.75) is 0 Å². The molecule has 1 aromatic heterocycles. The summed E-state index contributed by atoms with van der Waals surface area (Å²) >= 11 is 0. The summed E-state index contributed by atoms with van der Waals surface area (Å²) in [5.74, 6) is 0.834. The molecule has 1 heterocycles. The maximum absolute atomic E-state index is 10.7. The maximum atomic E-state index is 10.7. The van der Waals surface area contributed by atoms with E-state index in [1.165, 1.54) is 0 Å². The summed E-state index contributed by atoms with van der Waals surface area (Å²) in [5.41, 5.74) is 0.861. The van der Waals surface area contributed by atoms with Gasteiger partial charge in [-0.15, -0.1) is 0 Å². The van der Waals surface area contributed by atoms with Crippen molar-refractivity contribution in [3.8, 4) is 17.1 Å². The molecule has 0 saturated carbocycles. The van der Waals surface area contributed by atoms with Crippen molar-refractivity contribution in [2.24, 2.45) is 0 Å². The number of aromatic nitrogens is 2. The van der Waals surface area contributed by atoms with Gasteiger partial charge in [-0.2, -0.15) is 0 Å². The van der Waals surface area contributed by atoms with E-state index in [0.29, 0.717) is 11.6 Å². The summed E-state index contributed by atoms with van der Waals surface area (Å²) in [7, 11) is 1.63. The minimum Gasteiger partial charge on any atom is -0.496 e. The third kappa shape index (κ3) is 3.06. The number of fused-ring (bicyclic) bond motifs is 1. The molecule has 0 spiro atoms. The topological polar surface area (TPSA) is 84.3 Å². The Morgan fingerprint density at radius 1 is 1.17 bits per heavy atom. The number of methoxy groups -OCH3 is 1. The highest BCUT2D eigenvalue weighted by Crippen LogP contribution is 2.32. The monoisotopic (exact) mass is 309 g/mol. The molecule has 0 aliphatic heterocycles. The first-order valence-electron chi connectivity index (χ1n) is 7.04. The average molecular weight is 309 g/mol. The van der Waals surface area contributed by atoms with Crippen LogP contribution in [-0.2, 0) is 4.79 Å². The van der Waals surface area contributed by atoms with Crippen LogP contribution in [0.25, 0.3) is 22.2 Å². The first-order valence-corrected chi connectivity index (χ1v) is 7.04. The van der Waals surface area contributed by atoms with Crippen LogP contribution in [0.15, 0.2) is 48.7 Å². The van der Waals surface area contributed by atoms with E-state index in [9.17, 15) is 4.79 Å². The quantitative estimate of drug-likeness (QED) is 0.754. The molecule has 23 heavy (non-hydrogen) atoms. The molecule has 0 saturated heterocycles. The Kier molecular flexibility index (Phi) is 4.05. The molecule has 0 amide bonds. The van der Waals surface area contributed by atoms with E-state index in [0.717, 1.165) is 22.1 Å². The molecule has 0 aliphatic carbocycles. The molecule has 2 aromatic carbocycles. The van der Waals surface area contributed by atoms with Gasteiger partial charge in [-0.25, -0.2) is 9.97 Å². The van der Waals surface area contributed by atoms with Crippen LogP contribution < -0.4 is 10.1 Å². The van der Waals surface area contributed by atoms with Gasteiger partial charge in [0.15, 0.2) is 5.82 Å². The zero-order valence-electron chi connectivity index (χ0n) is 12.5. The zero-order valence-corrected chi connectivity index (χ0v) is 12.5. The van der Waals surface area contributed by atoms with Gasteiger partial charge >= 0.3 is 5.97 Å². The number of nitrogens with zero attached hydrogens (tertiary/aromatic N) is 2. The van der Waals surface area contributed by atoms with Crippen molar-refractivity contribution in [3.05, 3.63) is 48.7 Å². The lowest BCUT2D eigenvalue weighted by atomic mass is 10.0. The SMILES string of the molecule is COc1ccc(-c2nccc(NCC(=O)O)n2)c2ccccc12. The van der Waals surface area contributed by atoms with Gasteiger partial charge in [0.05, 0.1) is 7.11 Å². The molecule has 6 nitrogen and oxygen atoms in total. The first kappa shape index (κ1) is 14.8. The number of rotatable bonds is 5. The van der Waals surface area contributed by atoms with Gasteiger partial charge in [0.2, 0.25) is 0 Å². The predicted molar refractivity (Wildman–Crippen MR) is 87.7 cm³/mol. The lowest BCUT2D eigenvalue weighted by Crippen LogP contribution is -2.13. The number of carboxylic acids is 1. The molecular formula is C17H15N3O3. The van der Waals surface area contributed by atoms with E-state index in [1.54, 1.807) is 19.4 Å². The standard InChI is InChI=1S/C17H15N3O3/c1-23-14-7-6-13(11-4-2-3-5-12(11)14)17-18-9-8-15(20-17)19-10-16(21)22/h2-9H,10H2,1H3,(H,21,22)(H,18,19,20). The smallest absolute Gasteiger partial charge is 0.322 e. The number of nitrogens with one attached hydrogen (secondary N) is 1. The minimum absolute atomic E-state index is 0.195. The fourth-order valence-electron chi connectivity index (χ4n) is 2.40. The van der Waals surface area contributed by atoms with Crippen LogP contribution in [-0.4, -0.2) is 34.7 Å². The summed E-state index contributed by atoms with van der Waals surface area (Å²) < 4.78 is 5.39. The van der Waals surface area contributed by atoms with Crippen LogP contribution in [0.5, 0.6) is 5.75 Å². The lowest BCUT2D eigenvalue weighted by Gasteiger charge is -2.10. The number of ether oxygens (including phenoxy) is 1. The molecule has 0 fully saturated rings. The Hall–Kier alpha value is -3.15. The second-order valence-electron chi connectivity index (χ2n) is 4.87. The van der Waals surface area contributed by atoms with Crippen LogP contribution >= 0.6 is 0 Å². The van der Waals surface area contributed by atoms with Crippen LogP contribution in [0.2, 0.25) is 0 Å². The van der Waals surface area contributed by atoms with Gasteiger partial charge in [0, 0.05) is 17.1 Å². The van der Waals surface area contributed by atoms with Crippen molar-refractivity contribution in [1.29, 1.82) is 0 Å². The van der Waals surface area contributed by atoms with Crippen molar-refractivity contribution >= 4 is 22.6 Å². The first-order chi connectivity index (χ1) is 11.2. The van der Waals surface area contributed by atoms with E-state index in [4.69, 9.17) is 9.84 Å². The Bertz CT molecular complexity index is 865. The van der Waals surface area contributed by atoms with Crippen molar-refractivity contribution in [3.63, 3.8) is 0 Å². The molecule has 0 bridgehead atoms. The maximum Gasteiger partial charge on any atom is 0.322 e. The molecule has 0 atom stereocenters. The summed E-state index contributed by atoms with van der Waals surface area (Å²) in [6, 6.07) is 13.3. The number of anilines is 1. The lowest BCUT2D eigenvalue weighted by molar-refractivity contribution is -0.134. The van der Waals surface area contributed by atoms with E-state index in [1.807, 2.05) is 36.4 Å². The Balaban J connectivity index is 2.07. The van der Waals surface area contributed by atoms with E-state index in [2.05, 4.69) is 15.3 Å². The molecule has 2 N–H and O–H groups in total. The van der Waals surface area contributed by atoms with Gasteiger partial charge in [0.25, 0.3) is 0 Å². The van der Waals surface area contributed by atoms with Crippen LogP contribution in [0.4, 0.5) is 5.82 Å². The fourth-order valence-corrected chi connectivity index (χ4v) is 2.40. The Morgan fingerprint density at radius 2 is 1.96 bits per heavy atom. The number of hydrogen-bond acceptors (Lipinski definition) is 5. The summed E-state index contributed by atoms with van der Waals surface area (Å²) in [6.07, 6.45) is 1.60. The highest BCUT2D eigenvalue weighted by Gasteiger charge is 2.10. The fraction of sp³-hybridized carbons (Fsp3) is 0.118. The molecular weight excluding hydrogens is 294 g/mol. The highest BCUT2D eigenvalue weighted by atomic mass is 16.5.